The second-order valence-corrected chi connectivity index (χ2v) is 3.43. The van der Waals surface area contributed by atoms with E-state index >= 15 is 0 Å². The molecule has 2 aromatic rings. The number of nitrogens with zero attached hydrogens (tertiary/aromatic N) is 3. The maximum atomic E-state index is 9.11. The highest BCUT2D eigenvalue weighted by atomic mass is 16.3. The van der Waals surface area contributed by atoms with Crippen LogP contribution in [0.2, 0.25) is 0 Å². The average molecular weight is 203 g/mol. The van der Waals surface area contributed by atoms with Crippen molar-refractivity contribution in [2.75, 3.05) is 0 Å². The number of hydrogen-bond donors (Lipinski definition) is 1. The zero-order valence-corrected chi connectivity index (χ0v) is 8.81. The number of aromatic nitrogens is 3. The summed E-state index contributed by atoms with van der Waals surface area (Å²) in [6.45, 7) is 1.92. The summed E-state index contributed by atoms with van der Waals surface area (Å²) in [5.74, 6) is 0.838. The Balaban J connectivity index is 2.55. The van der Waals surface area contributed by atoms with Crippen LogP contribution in [-0.4, -0.2) is 19.6 Å². The van der Waals surface area contributed by atoms with Gasteiger partial charge in [-0.15, -0.1) is 0 Å². The molecule has 0 radical (unpaired) electrons. The van der Waals surface area contributed by atoms with Crippen LogP contribution in [0, 0.1) is 6.92 Å². The summed E-state index contributed by atoms with van der Waals surface area (Å²) >= 11 is 0. The predicted molar refractivity (Wildman–Crippen MR) is 57.1 cm³/mol. The van der Waals surface area contributed by atoms with Crippen molar-refractivity contribution < 1.29 is 5.11 Å². The second-order valence-electron chi connectivity index (χ2n) is 3.43. The highest BCUT2D eigenvalue weighted by Gasteiger charge is 2.11. The Morgan fingerprint density at radius 3 is 2.80 bits per heavy atom. The molecule has 0 aliphatic rings. The van der Waals surface area contributed by atoms with Crippen LogP contribution in [0.25, 0.3) is 11.4 Å². The van der Waals surface area contributed by atoms with E-state index in [-0.39, 0.29) is 6.61 Å². The van der Waals surface area contributed by atoms with Crippen LogP contribution in [0.3, 0.4) is 0 Å². The smallest absolute Gasteiger partial charge is 0.141 e. The number of imidazole rings is 1. The van der Waals surface area contributed by atoms with Crippen molar-refractivity contribution in [3.05, 3.63) is 35.9 Å². The van der Waals surface area contributed by atoms with Crippen LogP contribution >= 0.6 is 0 Å². The molecule has 2 heterocycles. The molecule has 0 aromatic carbocycles. The molecule has 0 atom stereocenters. The zero-order valence-electron chi connectivity index (χ0n) is 8.81. The standard InChI is InChI=1S/C11H13N3O/c1-8-10(7-15)13-11(14(8)2)9-4-3-5-12-6-9/h3-6,15H,7H2,1-2H3. The fourth-order valence-electron chi connectivity index (χ4n) is 1.54. The quantitative estimate of drug-likeness (QED) is 0.800. The van der Waals surface area contributed by atoms with E-state index in [1.54, 1.807) is 12.4 Å². The van der Waals surface area contributed by atoms with Crippen molar-refractivity contribution in [2.24, 2.45) is 7.05 Å². The maximum Gasteiger partial charge on any atom is 0.141 e. The molecule has 0 aliphatic carbocycles. The van der Waals surface area contributed by atoms with Gasteiger partial charge in [0.25, 0.3) is 0 Å². The molecule has 0 bridgehead atoms. The van der Waals surface area contributed by atoms with Crippen molar-refractivity contribution >= 4 is 0 Å². The van der Waals surface area contributed by atoms with Gasteiger partial charge in [-0.05, 0) is 19.1 Å². The van der Waals surface area contributed by atoms with Gasteiger partial charge >= 0.3 is 0 Å². The van der Waals surface area contributed by atoms with Gasteiger partial charge in [0.2, 0.25) is 0 Å². The Hall–Kier alpha value is -1.68. The van der Waals surface area contributed by atoms with E-state index in [2.05, 4.69) is 9.97 Å². The van der Waals surface area contributed by atoms with Gasteiger partial charge in [0, 0.05) is 30.7 Å². The van der Waals surface area contributed by atoms with Crippen LogP contribution < -0.4 is 0 Å². The lowest BCUT2D eigenvalue weighted by atomic mass is 10.3. The Labute approximate surface area is 88.2 Å². The van der Waals surface area contributed by atoms with Gasteiger partial charge in [-0.25, -0.2) is 4.98 Å². The first-order valence-electron chi connectivity index (χ1n) is 4.77. The first-order valence-corrected chi connectivity index (χ1v) is 4.77. The summed E-state index contributed by atoms with van der Waals surface area (Å²) in [6.07, 6.45) is 3.50. The van der Waals surface area contributed by atoms with Crippen LogP contribution in [0.15, 0.2) is 24.5 Å². The van der Waals surface area contributed by atoms with Crippen molar-refractivity contribution in [3.63, 3.8) is 0 Å². The van der Waals surface area contributed by atoms with Gasteiger partial charge in [0.1, 0.15) is 5.82 Å². The minimum absolute atomic E-state index is 0.0278. The lowest BCUT2D eigenvalue weighted by Gasteiger charge is -2.01. The van der Waals surface area contributed by atoms with Crippen molar-refractivity contribution in [3.8, 4) is 11.4 Å². The van der Waals surface area contributed by atoms with Crippen LogP contribution in [0.5, 0.6) is 0 Å². The fourth-order valence-corrected chi connectivity index (χ4v) is 1.54. The van der Waals surface area contributed by atoms with Gasteiger partial charge in [0.15, 0.2) is 0 Å². The maximum absolute atomic E-state index is 9.11. The molecule has 0 amide bonds. The summed E-state index contributed by atoms with van der Waals surface area (Å²) in [7, 11) is 1.93. The molecule has 78 valence electrons. The zero-order chi connectivity index (χ0) is 10.8. The third-order valence-corrected chi connectivity index (χ3v) is 2.55. The molecule has 4 heteroatoms. The number of hydrogen-bond acceptors (Lipinski definition) is 3. The van der Waals surface area contributed by atoms with Crippen LogP contribution in [0.1, 0.15) is 11.4 Å². The van der Waals surface area contributed by atoms with E-state index in [0.717, 1.165) is 22.8 Å². The minimum Gasteiger partial charge on any atom is -0.390 e. The monoisotopic (exact) mass is 203 g/mol. The number of aliphatic hydroxyl groups is 1. The molecule has 0 saturated carbocycles. The molecule has 0 unspecified atom stereocenters. The summed E-state index contributed by atoms with van der Waals surface area (Å²) < 4.78 is 1.96. The molecule has 2 aromatic heterocycles. The Kier molecular flexibility index (Phi) is 2.51. The molecule has 15 heavy (non-hydrogen) atoms. The van der Waals surface area contributed by atoms with Crippen LogP contribution in [-0.2, 0) is 13.7 Å². The molecule has 0 spiro atoms. The molecule has 2 rings (SSSR count). The number of rotatable bonds is 2. The SMILES string of the molecule is Cc1c(CO)nc(-c2cccnc2)n1C. The third kappa shape index (κ3) is 1.64. The summed E-state index contributed by atoms with van der Waals surface area (Å²) in [5, 5.41) is 9.11. The predicted octanol–water partition coefficient (Wildman–Crippen LogP) is 1.28. The largest absolute Gasteiger partial charge is 0.390 e. The lowest BCUT2D eigenvalue weighted by molar-refractivity contribution is 0.276. The average Bonchev–Trinajstić information content (AvgIpc) is 2.57. The lowest BCUT2D eigenvalue weighted by Crippen LogP contribution is -1.95. The van der Waals surface area contributed by atoms with Gasteiger partial charge in [0.05, 0.1) is 12.3 Å². The second kappa shape index (κ2) is 3.82. The van der Waals surface area contributed by atoms with Crippen molar-refractivity contribution in [1.29, 1.82) is 0 Å². The first kappa shape index (κ1) is 9.86. The number of pyridine rings is 1. The minimum atomic E-state index is -0.0278. The molecule has 4 nitrogen and oxygen atoms in total. The molecule has 1 N–H and O–H groups in total. The third-order valence-electron chi connectivity index (χ3n) is 2.55. The highest BCUT2D eigenvalue weighted by molar-refractivity contribution is 5.55. The Morgan fingerprint density at radius 1 is 1.47 bits per heavy atom. The van der Waals surface area contributed by atoms with Crippen molar-refractivity contribution in [1.82, 2.24) is 14.5 Å². The van der Waals surface area contributed by atoms with Crippen LogP contribution in [0.4, 0.5) is 0 Å². The first-order chi connectivity index (χ1) is 7.24. The van der Waals surface area contributed by atoms with Gasteiger partial charge in [-0.3, -0.25) is 4.98 Å². The van der Waals surface area contributed by atoms with E-state index in [1.807, 2.05) is 30.7 Å². The summed E-state index contributed by atoms with van der Waals surface area (Å²) in [6, 6.07) is 3.83. The molecular formula is C11H13N3O. The normalized spacial score (nSPS) is 10.6. The summed E-state index contributed by atoms with van der Waals surface area (Å²) in [4.78, 5) is 8.42. The number of aliphatic hydroxyl groups excluding tert-OH is 1. The highest BCUT2D eigenvalue weighted by Crippen LogP contribution is 2.19. The van der Waals surface area contributed by atoms with E-state index in [9.17, 15) is 0 Å². The molecule has 0 saturated heterocycles. The fraction of sp³-hybridized carbons (Fsp3) is 0.273. The summed E-state index contributed by atoms with van der Waals surface area (Å²) in [5.41, 5.74) is 2.66. The molecule has 0 fully saturated rings. The van der Waals surface area contributed by atoms with E-state index in [1.165, 1.54) is 0 Å². The Morgan fingerprint density at radius 2 is 2.27 bits per heavy atom. The van der Waals surface area contributed by atoms with E-state index in [0.29, 0.717) is 0 Å². The Bertz CT molecular complexity index is 462. The van der Waals surface area contributed by atoms with Gasteiger partial charge < -0.3 is 9.67 Å². The van der Waals surface area contributed by atoms with E-state index < -0.39 is 0 Å². The topological polar surface area (TPSA) is 50.9 Å². The van der Waals surface area contributed by atoms with Gasteiger partial charge in [-0.2, -0.15) is 0 Å². The van der Waals surface area contributed by atoms with Crippen molar-refractivity contribution in [2.45, 2.75) is 13.5 Å². The molecule has 0 aliphatic heterocycles. The molecular weight excluding hydrogens is 190 g/mol. The van der Waals surface area contributed by atoms with E-state index in [4.69, 9.17) is 5.11 Å². The van der Waals surface area contributed by atoms with Gasteiger partial charge in [-0.1, -0.05) is 0 Å².